The Morgan fingerprint density at radius 2 is 1.87 bits per heavy atom. The van der Waals surface area contributed by atoms with Crippen molar-refractivity contribution in [2.75, 3.05) is 0 Å². The Morgan fingerprint density at radius 1 is 1.06 bits per heavy atom. The van der Waals surface area contributed by atoms with Gasteiger partial charge in [0.2, 0.25) is 0 Å². The second-order valence-corrected chi connectivity index (χ2v) is 11.7. The van der Waals surface area contributed by atoms with Gasteiger partial charge in [-0.2, -0.15) is 0 Å². The molecule has 1 aromatic rings. The van der Waals surface area contributed by atoms with E-state index in [0.29, 0.717) is 23.0 Å². The lowest BCUT2D eigenvalue weighted by Crippen LogP contribution is -2.56. The van der Waals surface area contributed by atoms with Crippen LogP contribution in [0.5, 0.6) is 0 Å². The summed E-state index contributed by atoms with van der Waals surface area (Å²) >= 11 is 0. The molecule has 4 aliphatic carbocycles. The average molecular weight is 420 g/mol. The quantitative estimate of drug-likeness (QED) is 0.619. The van der Waals surface area contributed by atoms with Gasteiger partial charge < -0.3 is 5.11 Å². The van der Waals surface area contributed by atoms with Crippen molar-refractivity contribution in [1.29, 1.82) is 0 Å². The van der Waals surface area contributed by atoms with Crippen LogP contribution in [0.4, 0.5) is 0 Å². The highest BCUT2D eigenvalue weighted by Crippen LogP contribution is 2.68. The predicted octanol–water partition coefficient (Wildman–Crippen LogP) is 5.41. The van der Waals surface area contributed by atoms with Gasteiger partial charge in [-0.1, -0.05) is 25.7 Å². The van der Waals surface area contributed by atoms with Crippen LogP contribution >= 0.6 is 0 Å². The molecule has 0 spiro atoms. The number of carbonyl (C=O) groups excluding carboxylic acids is 1. The number of aromatic nitrogens is 1. The molecule has 0 unspecified atom stereocenters. The summed E-state index contributed by atoms with van der Waals surface area (Å²) in [7, 11) is 0. The Hall–Kier alpha value is -1.66. The number of pyridine rings is 1. The van der Waals surface area contributed by atoms with Crippen molar-refractivity contribution in [2.24, 2.45) is 40.4 Å². The first kappa shape index (κ1) is 21.2. The highest BCUT2D eigenvalue weighted by Gasteiger charge is 2.61. The standard InChI is InChI=1S/C28H37NO2/c1-19(30)23-8-9-24-22-7-6-21-17-28(31,13-10-20-5-4-16-29-18-20)15-14-26(21,2)25(22)11-12-27(23,24)3/h4-5,16,18,21-25,31H,6-9,11-12,14-15,17H2,1-3H3/t21-,22+,23-,24+,25+,26+,27-,28-/m1/s1. The molecule has 4 aliphatic rings. The molecular weight excluding hydrogens is 382 g/mol. The van der Waals surface area contributed by atoms with Gasteiger partial charge in [-0.25, -0.2) is 0 Å². The van der Waals surface area contributed by atoms with E-state index >= 15 is 0 Å². The number of Topliss-reactive ketones (excluding diaryl/α,β-unsaturated/α-hetero) is 1. The normalized spacial score (nSPS) is 46.1. The molecule has 1 N–H and O–H groups in total. The third-order valence-corrected chi connectivity index (χ3v) is 10.3. The van der Waals surface area contributed by atoms with Crippen molar-refractivity contribution < 1.29 is 9.90 Å². The van der Waals surface area contributed by atoms with Gasteiger partial charge in [0.1, 0.15) is 11.4 Å². The van der Waals surface area contributed by atoms with Crippen LogP contribution in [0.1, 0.15) is 84.1 Å². The Labute approximate surface area is 187 Å². The molecule has 0 amide bonds. The fourth-order valence-corrected chi connectivity index (χ4v) is 8.65. The summed E-state index contributed by atoms with van der Waals surface area (Å²) in [6, 6.07) is 3.85. The van der Waals surface area contributed by atoms with Gasteiger partial charge in [-0.3, -0.25) is 9.78 Å². The first-order valence-electron chi connectivity index (χ1n) is 12.4. The molecule has 8 atom stereocenters. The lowest BCUT2D eigenvalue weighted by molar-refractivity contribution is -0.144. The lowest BCUT2D eigenvalue weighted by Gasteiger charge is -2.61. The Balaban J connectivity index is 1.35. The molecular formula is C28H37NO2. The monoisotopic (exact) mass is 419 g/mol. The molecule has 0 aliphatic heterocycles. The Bertz CT molecular complexity index is 916. The number of hydrogen-bond donors (Lipinski definition) is 1. The minimum Gasteiger partial charge on any atom is -0.378 e. The number of fused-ring (bicyclic) bond motifs is 5. The van der Waals surface area contributed by atoms with Gasteiger partial charge in [0.05, 0.1) is 0 Å². The van der Waals surface area contributed by atoms with E-state index in [1.54, 1.807) is 12.4 Å². The second kappa shape index (κ2) is 7.45. The van der Waals surface area contributed by atoms with Gasteiger partial charge in [-0.15, -0.1) is 0 Å². The van der Waals surface area contributed by atoms with Gasteiger partial charge >= 0.3 is 0 Å². The van der Waals surface area contributed by atoms with Crippen LogP contribution in [0, 0.1) is 52.3 Å². The maximum atomic E-state index is 12.3. The zero-order chi connectivity index (χ0) is 21.9. The maximum absolute atomic E-state index is 12.3. The van der Waals surface area contributed by atoms with Crippen LogP contribution in [0.2, 0.25) is 0 Å². The summed E-state index contributed by atoms with van der Waals surface area (Å²) in [5.74, 6) is 9.86. The van der Waals surface area contributed by atoms with E-state index in [-0.39, 0.29) is 11.3 Å². The fourth-order valence-electron chi connectivity index (χ4n) is 8.65. The molecule has 5 rings (SSSR count). The molecule has 0 radical (unpaired) electrons. The molecule has 4 fully saturated rings. The topological polar surface area (TPSA) is 50.2 Å². The number of carbonyl (C=O) groups is 1. The van der Waals surface area contributed by atoms with Crippen LogP contribution in [-0.4, -0.2) is 21.5 Å². The SMILES string of the molecule is CC(=O)[C@H]1CC[C@H]2[C@@H]3CC[C@@H]4C[C@@](O)(C#Cc5cccnc5)CC[C@]4(C)[C@H]3CC[C@]12C. The summed E-state index contributed by atoms with van der Waals surface area (Å²) < 4.78 is 0. The summed E-state index contributed by atoms with van der Waals surface area (Å²) in [6.45, 7) is 6.76. The summed E-state index contributed by atoms with van der Waals surface area (Å²) in [6.07, 6.45) is 13.4. The number of nitrogens with zero attached hydrogens (tertiary/aromatic N) is 1. The lowest BCUT2D eigenvalue weighted by atomic mass is 9.44. The van der Waals surface area contributed by atoms with Crippen molar-refractivity contribution >= 4 is 5.78 Å². The molecule has 1 heterocycles. The molecule has 0 bridgehead atoms. The van der Waals surface area contributed by atoms with Crippen molar-refractivity contribution in [3.63, 3.8) is 0 Å². The predicted molar refractivity (Wildman–Crippen MR) is 122 cm³/mol. The van der Waals surface area contributed by atoms with E-state index in [2.05, 4.69) is 30.7 Å². The van der Waals surface area contributed by atoms with Crippen LogP contribution in [-0.2, 0) is 4.79 Å². The van der Waals surface area contributed by atoms with E-state index in [1.807, 2.05) is 19.1 Å². The summed E-state index contributed by atoms with van der Waals surface area (Å²) in [5.41, 5.74) is 0.533. The first-order valence-corrected chi connectivity index (χ1v) is 12.4. The first-order chi connectivity index (χ1) is 14.8. The largest absolute Gasteiger partial charge is 0.378 e. The second-order valence-electron chi connectivity index (χ2n) is 11.7. The van der Waals surface area contributed by atoms with Crippen LogP contribution in [0.25, 0.3) is 0 Å². The molecule has 1 aromatic heterocycles. The number of rotatable bonds is 1. The minimum absolute atomic E-state index is 0.223. The number of aliphatic hydroxyl groups is 1. The highest BCUT2D eigenvalue weighted by molar-refractivity contribution is 5.79. The molecule has 0 aromatic carbocycles. The van der Waals surface area contributed by atoms with Gasteiger partial charge in [-0.05, 0) is 111 Å². The highest BCUT2D eigenvalue weighted by atomic mass is 16.3. The van der Waals surface area contributed by atoms with Crippen molar-refractivity contribution in [3.8, 4) is 11.8 Å². The van der Waals surface area contributed by atoms with Crippen LogP contribution < -0.4 is 0 Å². The maximum Gasteiger partial charge on any atom is 0.133 e. The zero-order valence-electron chi connectivity index (χ0n) is 19.4. The number of ketones is 1. The minimum atomic E-state index is -0.872. The van der Waals surface area contributed by atoms with E-state index in [4.69, 9.17) is 0 Å². The van der Waals surface area contributed by atoms with Crippen molar-refractivity contribution in [3.05, 3.63) is 30.1 Å². The molecule has 3 heteroatoms. The molecule has 4 saturated carbocycles. The van der Waals surface area contributed by atoms with Crippen LogP contribution in [0.15, 0.2) is 24.5 Å². The van der Waals surface area contributed by atoms with Gasteiger partial charge in [0, 0.05) is 23.9 Å². The molecule has 0 saturated heterocycles. The smallest absolute Gasteiger partial charge is 0.133 e. The average Bonchev–Trinajstić information content (AvgIpc) is 3.11. The summed E-state index contributed by atoms with van der Waals surface area (Å²) in [4.78, 5) is 16.5. The van der Waals surface area contributed by atoms with E-state index in [0.717, 1.165) is 43.1 Å². The van der Waals surface area contributed by atoms with E-state index in [9.17, 15) is 9.90 Å². The Morgan fingerprint density at radius 3 is 2.61 bits per heavy atom. The molecule has 3 nitrogen and oxygen atoms in total. The van der Waals surface area contributed by atoms with E-state index in [1.165, 1.54) is 32.1 Å². The van der Waals surface area contributed by atoms with Crippen molar-refractivity contribution in [1.82, 2.24) is 4.98 Å². The molecule has 31 heavy (non-hydrogen) atoms. The van der Waals surface area contributed by atoms with Gasteiger partial charge in [0.25, 0.3) is 0 Å². The zero-order valence-corrected chi connectivity index (χ0v) is 19.4. The van der Waals surface area contributed by atoms with Crippen LogP contribution in [0.3, 0.4) is 0 Å². The summed E-state index contributed by atoms with van der Waals surface area (Å²) in [5, 5.41) is 11.3. The third-order valence-electron chi connectivity index (χ3n) is 10.3. The third kappa shape index (κ3) is 3.37. The number of hydrogen-bond acceptors (Lipinski definition) is 3. The van der Waals surface area contributed by atoms with Gasteiger partial charge in [0.15, 0.2) is 0 Å². The fraction of sp³-hybridized carbons (Fsp3) is 0.714. The Kier molecular flexibility index (Phi) is 5.09. The molecule has 166 valence electrons. The van der Waals surface area contributed by atoms with Crippen molar-refractivity contribution in [2.45, 2.75) is 84.2 Å². The van der Waals surface area contributed by atoms with E-state index < -0.39 is 5.60 Å².